The highest BCUT2D eigenvalue weighted by atomic mass is 16.5. The van der Waals surface area contributed by atoms with E-state index in [-0.39, 0.29) is 6.42 Å². The van der Waals surface area contributed by atoms with Crippen LogP contribution < -0.4 is 0 Å². The lowest BCUT2D eigenvalue weighted by atomic mass is 9.78. The van der Waals surface area contributed by atoms with Gasteiger partial charge in [-0.2, -0.15) is 0 Å². The second-order valence-electron chi connectivity index (χ2n) is 7.25. The molecule has 2 fully saturated rings. The van der Waals surface area contributed by atoms with Crippen molar-refractivity contribution in [3.05, 3.63) is 12.2 Å². The molecule has 4 nitrogen and oxygen atoms in total. The normalized spacial score (nSPS) is 28.9. The van der Waals surface area contributed by atoms with E-state index in [1.165, 1.54) is 38.5 Å². The van der Waals surface area contributed by atoms with Crippen molar-refractivity contribution in [2.75, 3.05) is 13.2 Å². The molecule has 2 rings (SSSR count). The third kappa shape index (κ3) is 6.21. The molecule has 2 aliphatic rings. The molecule has 24 heavy (non-hydrogen) atoms. The minimum Gasteiger partial charge on any atom is -0.481 e. The first-order valence-electron chi connectivity index (χ1n) is 9.82. The molecular formula is C20H34O4. The van der Waals surface area contributed by atoms with Crippen LogP contribution in [0.2, 0.25) is 0 Å². The number of allylic oxidation sites excluding steroid dienone is 2. The summed E-state index contributed by atoms with van der Waals surface area (Å²) < 4.78 is 12.1. The van der Waals surface area contributed by atoms with E-state index in [1.54, 1.807) is 0 Å². The molecule has 2 aliphatic heterocycles. The van der Waals surface area contributed by atoms with Crippen molar-refractivity contribution in [1.29, 1.82) is 0 Å². The zero-order valence-electron chi connectivity index (χ0n) is 15.1. The summed E-state index contributed by atoms with van der Waals surface area (Å²) in [6.07, 6.45) is 15.4. The first-order valence-corrected chi connectivity index (χ1v) is 9.82. The monoisotopic (exact) mass is 338 g/mol. The maximum Gasteiger partial charge on any atom is 0.303 e. The highest BCUT2D eigenvalue weighted by Gasteiger charge is 2.48. The summed E-state index contributed by atoms with van der Waals surface area (Å²) in [5.74, 6) is 0.412. The minimum atomic E-state index is -0.707. The van der Waals surface area contributed by atoms with Gasteiger partial charge >= 0.3 is 5.97 Å². The molecular weight excluding hydrogens is 304 g/mol. The van der Waals surface area contributed by atoms with Crippen LogP contribution in [-0.2, 0) is 14.3 Å². The van der Waals surface area contributed by atoms with E-state index in [0.29, 0.717) is 24.0 Å². The first-order chi connectivity index (χ1) is 11.7. The molecule has 0 radical (unpaired) electrons. The van der Waals surface area contributed by atoms with Crippen LogP contribution in [-0.4, -0.2) is 36.5 Å². The summed E-state index contributed by atoms with van der Waals surface area (Å²) >= 11 is 0. The van der Waals surface area contributed by atoms with Crippen molar-refractivity contribution >= 4 is 5.97 Å². The highest BCUT2D eigenvalue weighted by Crippen LogP contribution is 2.45. The van der Waals surface area contributed by atoms with Gasteiger partial charge in [-0.05, 0) is 44.4 Å². The maximum atomic E-state index is 10.5. The van der Waals surface area contributed by atoms with E-state index in [9.17, 15) is 4.79 Å². The Balaban J connectivity index is 1.65. The van der Waals surface area contributed by atoms with Gasteiger partial charge < -0.3 is 14.6 Å². The molecule has 2 heterocycles. The molecule has 1 N–H and O–H groups in total. The number of hydrogen-bond acceptors (Lipinski definition) is 3. The second kappa shape index (κ2) is 10.9. The Labute approximate surface area is 146 Å². The van der Waals surface area contributed by atoms with Crippen molar-refractivity contribution in [1.82, 2.24) is 0 Å². The van der Waals surface area contributed by atoms with Crippen LogP contribution in [0.15, 0.2) is 12.2 Å². The molecule has 0 aliphatic carbocycles. The van der Waals surface area contributed by atoms with Gasteiger partial charge in [0.25, 0.3) is 0 Å². The standard InChI is InChI=1S/C20H34O4/c1-2-3-4-9-14-23-15-17-16(18-12-13-19(17)24-18)10-7-5-6-8-11-20(21)22/h5,7,16-19H,2-4,6,8-15H2,1H3,(H,21,22)/b7-5-/t16-,17+,18-,19+/m1/s1. The molecule has 0 unspecified atom stereocenters. The summed E-state index contributed by atoms with van der Waals surface area (Å²) in [7, 11) is 0. The smallest absolute Gasteiger partial charge is 0.303 e. The van der Waals surface area contributed by atoms with Gasteiger partial charge in [-0.3, -0.25) is 4.79 Å². The Morgan fingerprint density at radius 1 is 1.12 bits per heavy atom. The molecule has 4 atom stereocenters. The molecule has 0 aromatic rings. The molecule has 138 valence electrons. The van der Waals surface area contributed by atoms with Gasteiger partial charge in [-0.1, -0.05) is 38.3 Å². The third-order valence-corrected chi connectivity index (χ3v) is 5.38. The van der Waals surface area contributed by atoms with Crippen molar-refractivity contribution in [2.24, 2.45) is 11.8 Å². The van der Waals surface area contributed by atoms with Gasteiger partial charge in [0.1, 0.15) is 0 Å². The van der Waals surface area contributed by atoms with Crippen molar-refractivity contribution < 1.29 is 19.4 Å². The number of hydrogen-bond donors (Lipinski definition) is 1. The SMILES string of the molecule is CCCCCCOC[C@H]1[C@@H](C/C=C\CCCC(=O)O)[C@H]2CC[C@@H]1O2. The lowest BCUT2D eigenvalue weighted by molar-refractivity contribution is -0.137. The van der Waals surface area contributed by atoms with Gasteiger partial charge in [0.15, 0.2) is 0 Å². The van der Waals surface area contributed by atoms with Crippen LogP contribution >= 0.6 is 0 Å². The van der Waals surface area contributed by atoms with Gasteiger partial charge in [0, 0.05) is 18.9 Å². The summed E-state index contributed by atoms with van der Waals surface area (Å²) in [5.41, 5.74) is 0. The van der Waals surface area contributed by atoms with Crippen LogP contribution in [0, 0.1) is 11.8 Å². The van der Waals surface area contributed by atoms with Crippen molar-refractivity contribution in [2.45, 2.75) is 83.3 Å². The van der Waals surface area contributed by atoms with Gasteiger partial charge in [0.05, 0.1) is 18.8 Å². The predicted molar refractivity (Wildman–Crippen MR) is 95.1 cm³/mol. The van der Waals surface area contributed by atoms with Crippen LogP contribution in [0.3, 0.4) is 0 Å². The summed E-state index contributed by atoms with van der Waals surface area (Å²) in [5, 5.41) is 8.64. The number of carboxylic acids is 1. The van der Waals surface area contributed by atoms with Crippen molar-refractivity contribution in [3.63, 3.8) is 0 Å². The van der Waals surface area contributed by atoms with Crippen LogP contribution in [0.1, 0.15) is 71.1 Å². The third-order valence-electron chi connectivity index (χ3n) is 5.38. The fourth-order valence-electron chi connectivity index (χ4n) is 4.02. The summed E-state index contributed by atoms with van der Waals surface area (Å²) in [4.78, 5) is 10.5. The average Bonchev–Trinajstić information content (AvgIpc) is 3.15. The molecule has 2 bridgehead atoms. The Hall–Kier alpha value is -0.870. The topological polar surface area (TPSA) is 55.8 Å². The maximum absolute atomic E-state index is 10.5. The van der Waals surface area contributed by atoms with E-state index < -0.39 is 5.97 Å². The zero-order chi connectivity index (χ0) is 17.2. The highest BCUT2D eigenvalue weighted by molar-refractivity contribution is 5.66. The number of carbonyl (C=O) groups is 1. The lowest BCUT2D eigenvalue weighted by Gasteiger charge is -2.27. The predicted octanol–water partition coefficient (Wildman–Crippen LogP) is 4.58. The molecule has 0 aromatic carbocycles. The largest absolute Gasteiger partial charge is 0.481 e. The Bertz CT molecular complexity index is 393. The zero-order valence-corrected chi connectivity index (χ0v) is 15.1. The molecule has 0 spiro atoms. The molecule has 0 saturated carbocycles. The number of unbranched alkanes of at least 4 members (excludes halogenated alkanes) is 4. The number of carboxylic acid groups (broad SMARTS) is 1. The fourth-order valence-corrected chi connectivity index (χ4v) is 4.02. The number of fused-ring (bicyclic) bond motifs is 2. The lowest BCUT2D eigenvalue weighted by Crippen LogP contribution is -2.30. The van der Waals surface area contributed by atoms with Gasteiger partial charge in [0.2, 0.25) is 0 Å². The van der Waals surface area contributed by atoms with Crippen LogP contribution in [0.25, 0.3) is 0 Å². The number of aliphatic carboxylic acids is 1. The van der Waals surface area contributed by atoms with E-state index in [4.69, 9.17) is 14.6 Å². The van der Waals surface area contributed by atoms with E-state index >= 15 is 0 Å². The molecule has 4 heteroatoms. The Morgan fingerprint density at radius 2 is 1.92 bits per heavy atom. The average molecular weight is 338 g/mol. The van der Waals surface area contributed by atoms with Gasteiger partial charge in [-0.25, -0.2) is 0 Å². The van der Waals surface area contributed by atoms with E-state index in [2.05, 4.69) is 19.1 Å². The minimum absolute atomic E-state index is 0.260. The fraction of sp³-hybridized carbons (Fsp3) is 0.850. The van der Waals surface area contributed by atoms with Gasteiger partial charge in [-0.15, -0.1) is 0 Å². The Kier molecular flexibility index (Phi) is 8.82. The summed E-state index contributed by atoms with van der Waals surface area (Å²) in [6, 6.07) is 0. The second-order valence-corrected chi connectivity index (χ2v) is 7.25. The Morgan fingerprint density at radius 3 is 2.67 bits per heavy atom. The first kappa shape index (κ1) is 19.5. The van der Waals surface area contributed by atoms with E-state index in [1.807, 2.05) is 0 Å². The molecule has 2 saturated heterocycles. The molecule has 0 aromatic heterocycles. The van der Waals surface area contributed by atoms with Crippen LogP contribution in [0.4, 0.5) is 0 Å². The molecule has 0 amide bonds. The number of rotatable bonds is 13. The van der Waals surface area contributed by atoms with Crippen LogP contribution in [0.5, 0.6) is 0 Å². The summed E-state index contributed by atoms with van der Waals surface area (Å²) in [6.45, 7) is 3.95. The van der Waals surface area contributed by atoms with E-state index in [0.717, 1.165) is 32.5 Å². The van der Waals surface area contributed by atoms with Crippen molar-refractivity contribution in [3.8, 4) is 0 Å². The quantitative estimate of drug-likeness (QED) is 0.394. The number of ether oxygens (including phenoxy) is 2.